The molecule has 0 spiro atoms. The first kappa shape index (κ1) is 21.0. The van der Waals surface area contributed by atoms with Crippen molar-refractivity contribution in [1.29, 1.82) is 0 Å². The molecular weight excluding hydrogens is 407 g/mol. The van der Waals surface area contributed by atoms with Crippen molar-refractivity contribution in [2.75, 3.05) is 36.8 Å². The molecule has 0 N–H and O–H groups in total. The summed E-state index contributed by atoms with van der Waals surface area (Å²) in [5, 5.41) is 10.7. The van der Waals surface area contributed by atoms with E-state index in [1.54, 1.807) is 23.1 Å². The minimum absolute atomic E-state index is 0.00797. The molecule has 1 fully saturated rings. The lowest BCUT2D eigenvalue weighted by atomic mass is 10.1. The third-order valence-corrected chi connectivity index (χ3v) is 5.58. The SMILES string of the molecule is O=C(CSc1ccc([N+](=O)[O-])cc1)N1CCN(c2cccc(C(F)(F)F)c2)CC1. The Morgan fingerprint density at radius 1 is 1.07 bits per heavy atom. The van der Waals surface area contributed by atoms with Gasteiger partial charge in [0.1, 0.15) is 0 Å². The Morgan fingerprint density at radius 3 is 2.31 bits per heavy atom. The van der Waals surface area contributed by atoms with Gasteiger partial charge in [-0.15, -0.1) is 11.8 Å². The van der Waals surface area contributed by atoms with Gasteiger partial charge in [-0.3, -0.25) is 14.9 Å². The Labute approximate surface area is 169 Å². The van der Waals surface area contributed by atoms with Crippen molar-refractivity contribution in [2.45, 2.75) is 11.1 Å². The fourth-order valence-corrected chi connectivity index (χ4v) is 3.79. The van der Waals surface area contributed by atoms with Crippen LogP contribution in [0.25, 0.3) is 0 Å². The second-order valence-corrected chi connectivity index (χ2v) is 7.50. The minimum atomic E-state index is -4.39. The van der Waals surface area contributed by atoms with Crippen LogP contribution in [0, 0.1) is 10.1 Å². The summed E-state index contributed by atoms with van der Waals surface area (Å²) in [6.07, 6.45) is -4.39. The van der Waals surface area contributed by atoms with Crippen LogP contribution in [0.15, 0.2) is 53.4 Å². The highest BCUT2D eigenvalue weighted by molar-refractivity contribution is 8.00. The number of carbonyl (C=O) groups is 1. The van der Waals surface area contributed by atoms with Crippen LogP contribution < -0.4 is 4.90 Å². The molecule has 3 rings (SSSR count). The summed E-state index contributed by atoms with van der Waals surface area (Å²) in [5.41, 5.74) is -0.202. The number of nitro benzene ring substituents is 1. The topological polar surface area (TPSA) is 66.7 Å². The van der Waals surface area contributed by atoms with Crippen molar-refractivity contribution < 1.29 is 22.9 Å². The lowest BCUT2D eigenvalue weighted by Crippen LogP contribution is -2.49. The summed E-state index contributed by atoms with van der Waals surface area (Å²) in [4.78, 5) is 26.9. The van der Waals surface area contributed by atoms with Crippen molar-refractivity contribution in [3.05, 3.63) is 64.2 Å². The van der Waals surface area contributed by atoms with Crippen LogP contribution in [0.5, 0.6) is 0 Å². The van der Waals surface area contributed by atoms with Crippen LogP contribution in [-0.2, 0) is 11.0 Å². The molecule has 0 bridgehead atoms. The smallest absolute Gasteiger partial charge is 0.368 e. The molecule has 2 aromatic rings. The number of anilines is 1. The lowest BCUT2D eigenvalue weighted by Gasteiger charge is -2.36. The second-order valence-electron chi connectivity index (χ2n) is 6.46. The molecule has 154 valence electrons. The van der Waals surface area contributed by atoms with Gasteiger partial charge in [0.2, 0.25) is 5.91 Å². The average Bonchev–Trinajstić information content (AvgIpc) is 2.72. The van der Waals surface area contributed by atoms with E-state index in [4.69, 9.17) is 0 Å². The second kappa shape index (κ2) is 8.73. The first-order valence-electron chi connectivity index (χ1n) is 8.81. The van der Waals surface area contributed by atoms with E-state index in [2.05, 4.69) is 0 Å². The number of thioether (sulfide) groups is 1. The van der Waals surface area contributed by atoms with E-state index in [1.807, 2.05) is 4.90 Å². The van der Waals surface area contributed by atoms with E-state index in [0.29, 0.717) is 31.9 Å². The maximum atomic E-state index is 12.9. The zero-order valence-corrected chi connectivity index (χ0v) is 16.1. The number of halogens is 3. The number of rotatable bonds is 5. The zero-order valence-electron chi connectivity index (χ0n) is 15.3. The van der Waals surface area contributed by atoms with E-state index in [0.717, 1.165) is 17.0 Å². The number of hydrogen-bond acceptors (Lipinski definition) is 5. The molecule has 1 aliphatic rings. The standard InChI is InChI=1S/C19H18F3N3O3S/c20-19(21,22)14-2-1-3-16(12-14)23-8-10-24(11-9-23)18(26)13-29-17-6-4-15(5-7-17)25(27)28/h1-7,12H,8-11,13H2. The van der Waals surface area contributed by atoms with Gasteiger partial charge in [0.05, 0.1) is 16.2 Å². The molecule has 1 amide bonds. The predicted octanol–water partition coefficient (Wildman–Crippen LogP) is 4.05. The number of nitrogens with zero attached hydrogens (tertiary/aromatic N) is 3. The molecule has 2 aromatic carbocycles. The molecule has 0 aliphatic carbocycles. The third kappa shape index (κ3) is 5.41. The Bertz CT molecular complexity index is 882. The molecule has 10 heteroatoms. The molecule has 6 nitrogen and oxygen atoms in total. The molecule has 0 aromatic heterocycles. The first-order valence-corrected chi connectivity index (χ1v) is 9.80. The summed E-state index contributed by atoms with van der Waals surface area (Å²) in [7, 11) is 0. The van der Waals surface area contributed by atoms with E-state index in [-0.39, 0.29) is 17.3 Å². The van der Waals surface area contributed by atoms with Crippen LogP contribution >= 0.6 is 11.8 Å². The van der Waals surface area contributed by atoms with Gasteiger partial charge in [-0.25, -0.2) is 0 Å². The maximum Gasteiger partial charge on any atom is 0.416 e. The van der Waals surface area contributed by atoms with Crippen LogP contribution in [0.3, 0.4) is 0 Å². The van der Waals surface area contributed by atoms with Crippen LogP contribution in [-0.4, -0.2) is 47.7 Å². The number of hydrogen-bond donors (Lipinski definition) is 0. The monoisotopic (exact) mass is 425 g/mol. The number of piperazine rings is 1. The lowest BCUT2D eigenvalue weighted by molar-refractivity contribution is -0.384. The van der Waals surface area contributed by atoms with Gasteiger partial charge in [0.25, 0.3) is 5.69 Å². The summed E-state index contributed by atoms with van der Waals surface area (Å²) in [6, 6.07) is 11.2. The van der Waals surface area contributed by atoms with Gasteiger partial charge in [-0.05, 0) is 30.3 Å². The first-order chi connectivity index (χ1) is 13.7. The molecule has 29 heavy (non-hydrogen) atoms. The van der Waals surface area contributed by atoms with Crippen molar-refractivity contribution in [2.24, 2.45) is 0 Å². The van der Waals surface area contributed by atoms with Gasteiger partial charge in [-0.1, -0.05) is 6.07 Å². The number of carbonyl (C=O) groups excluding carboxylic acids is 1. The van der Waals surface area contributed by atoms with Gasteiger partial charge in [0, 0.05) is 48.9 Å². The Hall–Kier alpha value is -2.75. The number of benzene rings is 2. The summed E-state index contributed by atoms with van der Waals surface area (Å²) in [6.45, 7) is 1.76. The van der Waals surface area contributed by atoms with Gasteiger partial charge in [0.15, 0.2) is 0 Å². The number of nitro groups is 1. The van der Waals surface area contributed by atoms with E-state index in [9.17, 15) is 28.1 Å². The molecule has 0 saturated carbocycles. The summed E-state index contributed by atoms with van der Waals surface area (Å²) < 4.78 is 38.6. The maximum absolute atomic E-state index is 12.9. The van der Waals surface area contributed by atoms with Gasteiger partial charge >= 0.3 is 6.18 Å². The molecule has 1 saturated heterocycles. The molecule has 1 heterocycles. The fourth-order valence-electron chi connectivity index (χ4n) is 2.99. The minimum Gasteiger partial charge on any atom is -0.368 e. The average molecular weight is 425 g/mol. The normalized spacial score (nSPS) is 14.7. The Balaban J connectivity index is 1.51. The number of non-ortho nitro benzene ring substituents is 1. The molecular formula is C19H18F3N3O3S. The van der Waals surface area contributed by atoms with Crippen LogP contribution in [0.4, 0.5) is 24.5 Å². The highest BCUT2D eigenvalue weighted by atomic mass is 32.2. The molecule has 0 atom stereocenters. The van der Waals surface area contributed by atoms with E-state index < -0.39 is 16.7 Å². The number of amides is 1. The third-order valence-electron chi connectivity index (χ3n) is 4.58. The van der Waals surface area contributed by atoms with Crippen molar-refractivity contribution >= 4 is 29.0 Å². The van der Waals surface area contributed by atoms with E-state index >= 15 is 0 Å². The Morgan fingerprint density at radius 2 is 1.72 bits per heavy atom. The molecule has 0 unspecified atom stereocenters. The number of alkyl halides is 3. The van der Waals surface area contributed by atoms with Crippen molar-refractivity contribution in [3.8, 4) is 0 Å². The fraction of sp³-hybridized carbons (Fsp3) is 0.316. The van der Waals surface area contributed by atoms with Gasteiger partial charge < -0.3 is 9.80 Å². The highest BCUT2D eigenvalue weighted by Crippen LogP contribution is 2.32. The highest BCUT2D eigenvalue weighted by Gasteiger charge is 2.31. The largest absolute Gasteiger partial charge is 0.416 e. The predicted molar refractivity (Wildman–Crippen MR) is 104 cm³/mol. The Kier molecular flexibility index (Phi) is 6.31. The van der Waals surface area contributed by atoms with Crippen molar-refractivity contribution in [1.82, 2.24) is 4.90 Å². The van der Waals surface area contributed by atoms with Crippen molar-refractivity contribution in [3.63, 3.8) is 0 Å². The van der Waals surface area contributed by atoms with Crippen LogP contribution in [0.1, 0.15) is 5.56 Å². The zero-order chi connectivity index (χ0) is 21.0. The summed E-state index contributed by atoms with van der Waals surface area (Å²) in [5.74, 6) is 0.124. The van der Waals surface area contributed by atoms with Gasteiger partial charge in [-0.2, -0.15) is 13.2 Å². The quantitative estimate of drug-likeness (QED) is 0.411. The molecule has 1 aliphatic heterocycles. The molecule has 0 radical (unpaired) electrons. The van der Waals surface area contributed by atoms with E-state index in [1.165, 1.54) is 30.0 Å². The summed E-state index contributed by atoms with van der Waals surface area (Å²) >= 11 is 1.29. The van der Waals surface area contributed by atoms with Crippen LogP contribution in [0.2, 0.25) is 0 Å².